The van der Waals surface area contributed by atoms with Crippen molar-refractivity contribution >= 4 is 29.2 Å². The maximum absolute atomic E-state index is 13.8. The lowest BCUT2D eigenvalue weighted by Gasteiger charge is -2.53. The van der Waals surface area contributed by atoms with Gasteiger partial charge in [-0.3, -0.25) is 14.9 Å². The summed E-state index contributed by atoms with van der Waals surface area (Å²) < 4.78 is 0. The lowest BCUT2D eigenvalue weighted by molar-refractivity contribution is -0.145. The molecule has 0 aliphatic carbocycles. The third-order valence-corrected chi connectivity index (χ3v) is 6.27. The number of para-hydroxylation sites is 2. The van der Waals surface area contributed by atoms with Crippen molar-refractivity contribution in [3.8, 4) is 0 Å². The van der Waals surface area contributed by atoms with E-state index in [9.17, 15) is 14.4 Å². The van der Waals surface area contributed by atoms with Crippen LogP contribution in [0, 0.1) is 5.41 Å². The summed E-state index contributed by atoms with van der Waals surface area (Å²) in [5.74, 6) is -0.889. The molecule has 2 aromatic rings. The number of benzene rings is 2. The number of nitrogens with one attached hydrogen (secondary N) is 1. The molecule has 6 heteroatoms. The molecule has 3 aliphatic rings. The summed E-state index contributed by atoms with van der Waals surface area (Å²) in [6, 6.07) is 15.9. The molecule has 2 fully saturated rings. The quantitative estimate of drug-likeness (QED) is 0.778. The van der Waals surface area contributed by atoms with Gasteiger partial charge in [-0.1, -0.05) is 36.4 Å². The topological polar surface area (TPSA) is 69.7 Å². The van der Waals surface area contributed by atoms with Crippen LogP contribution in [0.2, 0.25) is 0 Å². The van der Waals surface area contributed by atoms with Crippen molar-refractivity contribution in [2.45, 2.75) is 31.7 Å². The molecule has 2 atom stereocenters. The van der Waals surface area contributed by atoms with Gasteiger partial charge in [-0.15, -0.1) is 0 Å². The molecule has 0 aromatic heterocycles. The number of carbonyl (C=O) groups excluding carboxylic acids is 3. The van der Waals surface area contributed by atoms with Crippen molar-refractivity contribution in [2.75, 3.05) is 16.3 Å². The molecule has 3 aliphatic heterocycles. The summed E-state index contributed by atoms with van der Waals surface area (Å²) in [5.41, 5.74) is 1.27. The Balaban J connectivity index is 1.67. The first kappa shape index (κ1) is 17.0. The van der Waals surface area contributed by atoms with Crippen LogP contribution in [0.5, 0.6) is 0 Å². The zero-order valence-corrected chi connectivity index (χ0v) is 15.4. The van der Waals surface area contributed by atoms with Crippen LogP contribution in [0.15, 0.2) is 54.6 Å². The van der Waals surface area contributed by atoms with E-state index in [0.29, 0.717) is 12.1 Å². The molecule has 2 saturated heterocycles. The minimum absolute atomic E-state index is 0.247. The molecule has 1 N–H and O–H groups in total. The van der Waals surface area contributed by atoms with Gasteiger partial charge in [0.25, 0.3) is 5.91 Å². The van der Waals surface area contributed by atoms with Gasteiger partial charge in [0.05, 0.1) is 11.7 Å². The second kappa shape index (κ2) is 6.19. The highest BCUT2D eigenvalue weighted by Crippen LogP contribution is 2.47. The zero-order valence-electron chi connectivity index (χ0n) is 15.4. The Labute approximate surface area is 163 Å². The number of anilines is 2. The fraction of sp³-hybridized carbons (Fsp3) is 0.318. The molecule has 3 heterocycles. The van der Waals surface area contributed by atoms with Crippen LogP contribution in [-0.2, 0) is 16.0 Å². The molecule has 0 unspecified atom stereocenters. The first-order valence-corrected chi connectivity index (χ1v) is 9.72. The number of piperidine rings is 1. The van der Waals surface area contributed by atoms with Crippen molar-refractivity contribution in [3.05, 3.63) is 60.2 Å². The minimum Gasteiger partial charge on any atom is -0.367 e. The molecule has 6 nitrogen and oxygen atoms in total. The van der Waals surface area contributed by atoms with Crippen LogP contribution >= 0.6 is 0 Å². The molecule has 0 saturated carbocycles. The van der Waals surface area contributed by atoms with Gasteiger partial charge in [-0.25, -0.2) is 9.69 Å². The summed E-state index contributed by atoms with van der Waals surface area (Å²) in [5, 5.41) is 2.48. The number of fused-ring (bicyclic) bond motifs is 4. The van der Waals surface area contributed by atoms with E-state index in [0.717, 1.165) is 42.0 Å². The summed E-state index contributed by atoms with van der Waals surface area (Å²) in [6.07, 6.45) is 3.05. The SMILES string of the molecule is O=C1NC(=O)[C@@]2(Cc3ccccc3N3CCCC[C@H]32)C(=O)N1c1ccccc1. The number of barbiturate groups is 1. The molecule has 4 amide bonds. The molecular formula is C22H21N3O3. The molecule has 0 radical (unpaired) electrons. The monoisotopic (exact) mass is 375 g/mol. The first-order chi connectivity index (χ1) is 13.6. The Morgan fingerprint density at radius 2 is 1.68 bits per heavy atom. The van der Waals surface area contributed by atoms with E-state index in [1.165, 1.54) is 0 Å². The molecule has 2 aromatic carbocycles. The number of hydrogen-bond donors (Lipinski definition) is 1. The van der Waals surface area contributed by atoms with Crippen molar-refractivity contribution in [2.24, 2.45) is 5.41 Å². The normalized spacial score (nSPS) is 26.7. The zero-order chi connectivity index (χ0) is 19.3. The number of nitrogens with zero attached hydrogens (tertiary/aromatic N) is 2. The van der Waals surface area contributed by atoms with Crippen LogP contribution < -0.4 is 15.1 Å². The first-order valence-electron chi connectivity index (χ1n) is 9.72. The van der Waals surface area contributed by atoms with E-state index in [-0.39, 0.29) is 6.04 Å². The van der Waals surface area contributed by atoms with Crippen LogP contribution in [0.25, 0.3) is 0 Å². The average Bonchev–Trinajstić information content (AvgIpc) is 2.73. The molecule has 142 valence electrons. The van der Waals surface area contributed by atoms with Gasteiger partial charge in [-0.2, -0.15) is 0 Å². The number of urea groups is 1. The van der Waals surface area contributed by atoms with Crippen LogP contribution in [0.3, 0.4) is 0 Å². The van der Waals surface area contributed by atoms with E-state index >= 15 is 0 Å². The van der Waals surface area contributed by atoms with E-state index in [1.807, 2.05) is 24.3 Å². The van der Waals surface area contributed by atoms with Crippen LogP contribution in [0.4, 0.5) is 16.2 Å². The molecular weight excluding hydrogens is 354 g/mol. The number of carbonyl (C=O) groups is 3. The molecule has 1 spiro atoms. The summed E-state index contributed by atoms with van der Waals surface area (Å²) in [6.45, 7) is 0.809. The van der Waals surface area contributed by atoms with Gasteiger partial charge < -0.3 is 4.90 Å². The Morgan fingerprint density at radius 1 is 0.929 bits per heavy atom. The molecule has 28 heavy (non-hydrogen) atoms. The largest absolute Gasteiger partial charge is 0.367 e. The standard InChI is InChI=1S/C22H21N3O3/c26-19-22(20(27)25(21(28)23-19)16-9-2-1-3-10-16)14-15-8-4-5-11-17(15)24-13-7-6-12-18(22)24/h1-5,8-11,18H,6-7,12-14H2,(H,23,26,28)/t18-,22-/m0/s1. The fourth-order valence-electron chi connectivity index (χ4n) is 5.01. The summed E-state index contributed by atoms with van der Waals surface area (Å²) >= 11 is 0. The summed E-state index contributed by atoms with van der Waals surface area (Å²) in [4.78, 5) is 43.0. The lowest BCUT2D eigenvalue weighted by atomic mass is 9.66. The maximum atomic E-state index is 13.8. The number of rotatable bonds is 1. The average molecular weight is 375 g/mol. The van der Waals surface area contributed by atoms with Gasteiger partial charge in [0.2, 0.25) is 5.91 Å². The maximum Gasteiger partial charge on any atom is 0.335 e. The Morgan fingerprint density at radius 3 is 2.50 bits per heavy atom. The number of imide groups is 2. The van der Waals surface area contributed by atoms with Crippen molar-refractivity contribution in [1.82, 2.24) is 5.32 Å². The fourth-order valence-corrected chi connectivity index (χ4v) is 5.01. The van der Waals surface area contributed by atoms with E-state index in [4.69, 9.17) is 0 Å². The van der Waals surface area contributed by atoms with Gasteiger partial charge in [0.1, 0.15) is 0 Å². The minimum atomic E-state index is -1.29. The third kappa shape index (κ3) is 2.24. The lowest BCUT2D eigenvalue weighted by Crippen LogP contribution is -2.72. The molecule has 5 rings (SSSR count). The second-order valence-electron chi connectivity index (χ2n) is 7.72. The highest BCUT2D eigenvalue weighted by Gasteiger charge is 2.62. The predicted octanol–water partition coefficient (Wildman–Crippen LogP) is 2.87. The second-order valence-corrected chi connectivity index (χ2v) is 7.72. The van der Waals surface area contributed by atoms with Gasteiger partial charge in [-0.05, 0) is 49.4 Å². The van der Waals surface area contributed by atoms with Gasteiger partial charge in [0, 0.05) is 12.2 Å². The van der Waals surface area contributed by atoms with Gasteiger partial charge in [0.15, 0.2) is 5.41 Å². The number of amides is 4. The van der Waals surface area contributed by atoms with Crippen LogP contribution in [-0.4, -0.2) is 30.4 Å². The predicted molar refractivity (Wildman–Crippen MR) is 105 cm³/mol. The molecule has 0 bridgehead atoms. The third-order valence-electron chi connectivity index (χ3n) is 6.27. The Hall–Kier alpha value is -3.15. The van der Waals surface area contributed by atoms with Crippen molar-refractivity contribution < 1.29 is 14.4 Å². The highest BCUT2D eigenvalue weighted by atomic mass is 16.2. The Bertz CT molecular complexity index is 974. The smallest absolute Gasteiger partial charge is 0.335 e. The number of hydrogen-bond acceptors (Lipinski definition) is 4. The van der Waals surface area contributed by atoms with Crippen LogP contribution in [0.1, 0.15) is 24.8 Å². The van der Waals surface area contributed by atoms with E-state index in [1.54, 1.807) is 24.3 Å². The van der Waals surface area contributed by atoms with E-state index in [2.05, 4.69) is 16.3 Å². The Kier molecular flexibility index (Phi) is 3.75. The van der Waals surface area contributed by atoms with Crippen molar-refractivity contribution in [3.63, 3.8) is 0 Å². The van der Waals surface area contributed by atoms with E-state index < -0.39 is 23.3 Å². The highest BCUT2D eigenvalue weighted by molar-refractivity contribution is 6.30. The summed E-state index contributed by atoms with van der Waals surface area (Å²) in [7, 11) is 0. The van der Waals surface area contributed by atoms with Crippen molar-refractivity contribution in [1.29, 1.82) is 0 Å². The van der Waals surface area contributed by atoms with Gasteiger partial charge >= 0.3 is 6.03 Å².